The number of carbonyl (C=O) groups is 2. The van der Waals surface area contributed by atoms with Gasteiger partial charge in [-0.15, -0.1) is 0 Å². The number of para-hydroxylation sites is 2. The molecule has 1 atom stereocenters. The van der Waals surface area contributed by atoms with E-state index < -0.39 is 6.10 Å². The van der Waals surface area contributed by atoms with Crippen LogP contribution in [0.15, 0.2) is 61.1 Å². The Hall–Kier alpha value is -3.68. The van der Waals surface area contributed by atoms with Gasteiger partial charge in [0.25, 0.3) is 5.91 Å². The summed E-state index contributed by atoms with van der Waals surface area (Å²) in [4.78, 5) is 30.5. The van der Waals surface area contributed by atoms with E-state index in [4.69, 9.17) is 4.74 Å². The smallest absolute Gasteiger partial charge is 0.267 e. The van der Waals surface area contributed by atoms with Crippen molar-refractivity contribution in [2.45, 2.75) is 26.0 Å². The summed E-state index contributed by atoms with van der Waals surface area (Å²) in [5.41, 5.74) is 1.70. The minimum Gasteiger partial charge on any atom is -0.479 e. The number of anilines is 2. The van der Waals surface area contributed by atoms with Gasteiger partial charge in [0.15, 0.2) is 11.9 Å². The number of rotatable bonds is 6. The number of benzene rings is 1. The zero-order valence-corrected chi connectivity index (χ0v) is 16.0. The fourth-order valence-corrected chi connectivity index (χ4v) is 3.20. The normalized spacial score (nSPS) is 15.6. The van der Waals surface area contributed by atoms with Crippen molar-refractivity contribution in [2.24, 2.45) is 0 Å². The summed E-state index contributed by atoms with van der Waals surface area (Å²) >= 11 is 0. The maximum Gasteiger partial charge on any atom is 0.267 e. The molecule has 0 fully saturated rings. The van der Waals surface area contributed by atoms with E-state index in [0.717, 1.165) is 5.56 Å². The largest absolute Gasteiger partial charge is 0.479 e. The monoisotopic (exact) mass is 391 g/mol. The molecule has 0 radical (unpaired) electrons. The third-order valence-corrected chi connectivity index (χ3v) is 4.61. The molecule has 8 nitrogen and oxygen atoms in total. The maximum atomic E-state index is 12.5. The first-order chi connectivity index (χ1) is 14.1. The van der Waals surface area contributed by atoms with Crippen LogP contribution in [-0.4, -0.2) is 39.2 Å². The van der Waals surface area contributed by atoms with Gasteiger partial charge in [0, 0.05) is 37.6 Å². The number of pyridine rings is 1. The maximum absolute atomic E-state index is 12.5. The molecule has 4 rings (SSSR count). The first-order valence-corrected chi connectivity index (χ1v) is 9.39. The second-order valence-electron chi connectivity index (χ2n) is 6.78. The molecule has 1 N–H and O–H groups in total. The van der Waals surface area contributed by atoms with Gasteiger partial charge in [0.1, 0.15) is 5.75 Å². The highest BCUT2D eigenvalue weighted by Crippen LogP contribution is 2.33. The van der Waals surface area contributed by atoms with Crippen molar-refractivity contribution in [3.8, 4) is 5.75 Å². The van der Waals surface area contributed by atoms with Crippen molar-refractivity contribution in [3.05, 3.63) is 66.6 Å². The van der Waals surface area contributed by atoms with Crippen LogP contribution in [0.3, 0.4) is 0 Å². The van der Waals surface area contributed by atoms with Crippen molar-refractivity contribution < 1.29 is 14.3 Å². The van der Waals surface area contributed by atoms with Crippen molar-refractivity contribution in [2.75, 3.05) is 16.8 Å². The molecular formula is C21H21N5O3. The number of amides is 2. The summed E-state index contributed by atoms with van der Waals surface area (Å²) in [5, 5.41) is 7.14. The van der Waals surface area contributed by atoms with Gasteiger partial charge in [0.2, 0.25) is 5.91 Å². The Labute approximate surface area is 168 Å². The quantitative estimate of drug-likeness (QED) is 0.697. The van der Waals surface area contributed by atoms with Gasteiger partial charge < -0.3 is 15.0 Å². The van der Waals surface area contributed by atoms with E-state index >= 15 is 0 Å². The zero-order valence-electron chi connectivity index (χ0n) is 16.0. The molecule has 148 valence electrons. The van der Waals surface area contributed by atoms with Gasteiger partial charge in [-0.2, -0.15) is 5.10 Å². The van der Waals surface area contributed by atoms with E-state index in [9.17, 15) is 9.59 Å². The standard InChI is InChI=1S/C21H21N5O3/c1-15-21(28)26(17-6-2-3-7-18(17)29-15)12-9-20(27)23-19-8-11-25(24-19)14-16-5-4-10-22-13-16/h2-8,10-11,13,15H,9,12,14H2,1H3,(H,23,24,27). The average molecular weight is 391 g/mol. The summed E-state index contributed by atoms with van der Waals surface area (Å²) < 4.78 is 7.35. The topological polar surface area (TPSA) is 89.3 Å². The van der Waals surface area contributed by atoms with Gasteiger partial charge in [-0.1, -0.05) is 18.2 Å². The Morgan fingerprint density at radius 2 is 2.07 bits per heavy atom. The lowest BCUT2D eigenvalue weighted by Crippen LogP contribution is -2.45. The van der Waals surface area contributed by atoms with Crippen molar-refractivity contribution in [1.82, 2.24) is 14.8 Å². The van der Waals surface area contributed by atoms with E-state index in [0.29, 0.717) is 23.8 Å². The number of nitrogens with one attached hydrogen (secondary N) is 1. The van der Waals surface area contributed by atoms with Crippen LogP contribution in [0.25, 0.3) is 0 Å². The molecule has 2 aromatic heterocycles. The lowest BCUT2D eigenvalue weighted by Gasteiger charge is -2.32. The fourth-order valence-electron chi connectivity index (χ4n) is 3.20. The highest BCUT2D eigenvalue weighted by Gasteiger charge is 2.31. The summed E-state index contributed by atoms with van der Waals surface area (Å²) in [6.07, 6.45) is 4.87. The Bertz CT molecular complexity index is 1020. The van der Waals surface area contributed by atoms with E-state index in [1.807, 2.05) is 36.4 Å². The second-order valence-corrected chi connectivity index (χ2v) is 6.78. The van der Waals surface area contributed by atoms with Crippen molar-refractivity contribution in [3.63, 3.8) is 0 Å². The van der Waals surface area contributed by atoms with Crippen molar-refractivity contribution >= 4 is 23.3 Å². The van der Waals surface area contributed by atoms with E-state index in [1.165, 1.54) is 0 Å². The molecule has 1 aliphatic rings. The van der Waals surface area contributed by atoms with Crippen LogP contribution in [0, 0.1) is 0 Å². The number of hydrogen-bond acceptors (Lipinski definition) is 5. The van der Waals surface area contributed by atoms with Crippen LogP contribution in [-0.2, 0) is 16.1 Å². The summed E-state index contributed by atoms with van der Waals surface area (Å²) in [5.74, 6) is 0.758. The number of fused-ring (bicyclic) bond motifs is 1. The van der Waals surface area contributed by atoms with E-state index in [-0.39, 0.29) is 24.8 Å². The van der Waals surface area contributed by atoms with Crippen LogP contribution in [0.5, 0.6) is 5.75 Å². The van der Waals surface area contributed by atoms with Gasteiger partial charge >= 0.3 is 0 Å². The molecule has 1 aromatic carbocycles. The summed E-state index contributed by atoms with van der Waals surface area (Å²) in [6.45, 7) is 2.55. The molecule has 3 aromatic rings. The number of ether oxygens (including phenoxy) is 1. The van der Waals surface area contributed by atoms with Gasteiger partial charge in [0.05, 0.1) is 12.2 Å². The SMILES string of the molecule is CC1Oc2ccccc2N(CCC(=O)Nc2ccn(Cc3cccnc3)n2)C1=O. The Kier molecular flexibility index (Phi) is 5.24. The van der Waals surface area contributed by atoms with Gasteiger partial charge in [-0.3, -0.25) is 19.3 Å². The molecule has 0 saturated heterocycles. The minimum absolute atomic E-state index is 0.155. The predicted octanol–water partition coefficient (Wildman–Crippen LogP) is 2.47. The first-order valence-electron chi connectivity index (χ1n) is 9.39. The molecule has 0 saturated carbocycles. The van der Waals surface area contributed by atoms with Crippen molar-refractivity contribution in [1.29, 1.82) is 0 Å². The molecule has 29 heavy (non-hydrogen) atoms. The molecule has 1 aliphatic heterocycles. The predicted molar refractivity (Wildman–Crippen MR) is 108 cm³/mol. The van der Waals surface area contributed by atoms with Gasteiger partial charge in [-0.05, 0) is 30.7 Å². The molecule has 0 spiro atoms. The van der Waals surface area contributed by atoms with Crippen LogP contribution >= 0.6 is 0 Å². The zero-order chi connectivity index (χ0) is 20.2. The summed E-state index contributed by atoms with van der Waals surface area (Å²) in [7, 11) is 0. The molecule has 1 unspecified atom stereocenters. The first kappa shape index (κ1) is 18.7. The Morgan fingerprint density at radius 1 is 1.21 bits per heavy atom. The average Bonchev–Trinajstić information content (AvgIpc) is 3.15. The summed E-state index contributed by atoms with van der Waals surface area (Å²) in [6, 6.07) is 12.9. The lowest BCUT2D eigenvalue weighted by molar-refractivity contribution is -0.125. The minimum atomic E-state index is -0.573. The second kappa shape index (κ2) is 8.14. The molecule has 3 heterocycles. The molecule has 0 aliphatic carbocycles. The molecule has 8 heteroatoms. The van der Waals surface area contributed by atoms with Crippen LogP contribution in [0.2, 0.25) is 0 Å². The Morgan fingerprint density at radius 3 is 2.90 bits per heavy atom. The van der Waals surface area contributed by atoms with Gasteiger partial charge in [-0.25, -0.2) is 0 Å². The number of nitrogens with zero attached hydrogens (tertiary/aromatic N) is 4. The van der Waals surface area contributed by atoms with Crippen LogP contribution in [0.1, 0.15) is 18.9 Å². The fraction of sp³-hybridized carbons (Fsp3) is 0.238. The van der Waals surface area contributed by atoms with Crippen LogP contribution < -0.4 is 15.0 Å². The van der Waals surface area contributed by atoms with E-state index in [2.05, 4.69) is 15.4 Å². The third-order valence-electron chi connectivity index (χ3n) is 4.61. The third kappa shape index (κ3) is 4.26. The number of carbonyl (C=O) groups excluding carboxylic acids is 2. The highest BCUT2D eigenvalue weighted by atomic mass is 16.5. The van der Waals surface area contributed by atoms with E-state index in [1.54, 1.807) is 41.2 Å². The van der Waals surface area contributed by atoms with Crippen LogP contribution in [0.4, 0.5) is 11.5 Å². The molecular weight excluding hydrogens is 370 g/mol. The molecule has 2 amide bonds. The lowest BCUT2D eigenvalue weighted by atomic mass is 10.1. The number of aromatic nitrogens is 3. The molecule has 0 bridgehead atoms. The number of hydrogen-bond donors (Lipinski definition) is 1. The Balaban J connectivity index is 1.35. The highest BCUT2D eigenvalue weighted by molar-refractivity contribution is 6.00.